The first-order valence-corrected chi connectivity index (χ1v) is 5.81. The first kappa shape index (κ1) is 10.9. The maximum absolute atomic E-state index is 13.4. The summed E-state index contributed by atoms with van der Waals surface area (Å²) in [5, 5.41) is 13.0. The standard InChI is InChI=1S/C11H13BrFNO/c1-6-5-7(13)11(15)9(10(6)12)8-3-2-4-14-8/h5,8,14-15H,2-4H2,1H3. The normalized spacial score (nSPS) is 20.9. The van der Waals surface area contributed by atoms with Crippen LogP contribution in [0.15, 0.2) is 10.5 Å². The Hall–Kier alpha value is -0.610. The minimum Gasteiger partial charge on any atom is -0.505 e. The van der Waals surface area contributed by atoms with Crippen LogP contribution in [0.4, 0.5) is 4.39 Å². The molecule has 0 aliphatic carbocycles. The van der Waals surface area contributed by atoms with Gasteiger partial charge in [0, 0.05) is 16.1 Å². The average Bonchev–Trinajstić information content (AvgIpc) is 2.69. The molecule has 82 valence electrons. The van der Waals surface area contributed by atoms with Crippen LogP contribution in [-0.2, 0) is 0 Å². The van der Waals surface area contributed by atoms with E-state index in [0.717, 1.165) is 29.4 Å². The van der Waals surface area contributed by atoms with Crippen LogP contribution in [0.1, 0.15) is 30.0 Å². The maximum atomic E-state index is 13.4. The minimum absolute atomic E-state index is 0.0637. The van der Waals surface area contributed by atoms with Crippen LogP contribution in [0.2, 0.25) is 0 Å². The Labute approximate surface area is 96.6 Å². The predicted molar refractivity (Wildman–Crippen MR) is 60.5 cm³/mol. The molecule has 0 bridgehead atoms. The molecule has 4 heteroatoms. The van der Waals surface area contributed by atoms with E-state index in [9.17, 15) is 9.50 Å². The summed E-state index contributed by atoms with van der Waals surface area (Å²) in [5.41, 5.74) is 1.47. The molecule has 2 N–H and O–H groups in total. The van der Waals surface area contributed by atoms with Gasteiger partial charge in [-0.15, -0.1) is 0 Å². The van der Waals surface area contributed by atoms with Gasteiger partial charge in [0.05, 0.1) is 0 Å². The van der Waals surface area contributed by atoms with Crippen LogP contribution in [0.3, 0.4) is 0 Å². The number of halogens is 2. The number of phenols is 1. The summed E-state index contributed by atoms with van der Waals surface area (Å²) in [6.45, 7) is 2.75. The van der Waals surface area contributed by atoms with E-state index in [1.54, 1.807) is 0 Å². The third-order valence-corrected chi connectivity index (χ3v) is 3.87. The van der Waals surface area contributed by atoms with Crippen LogP contribution in [0.5, 0.6) is 5.75 Å². The van der Waals surface area contributed by atoms with Gasteiger partial charge in [-0.2, -0.15) is 0 Å². The lowest BCUT2D eigenvalue weighted by atomic mass is 10.0. The van der Waals surface area contributed by atoms with Gasteiger partial charge in [-0.3, -0.25) is 0 Å². The summed E-state index contributed by atoms with van der Waals surface area (Å²) < 4.78 is 14.2. The lowest BCUT2D eigenvalue weighted by Gasteiger charge is -2.16. The van der Waals surface area contributed by atoms with Gasteiger partial charge in [-0.25, -0.2) is 4.39 Å². The van der Waals surface area contributed by atoms with Crippen molar-refractivity contribution in [2.75, 3.05) is 6.54 Å². The molecule has 1 atom stereocenters. The highest BCUT2D eigenvalue weighted by atomic mass is 79.9. The Balaban J connectivity index is 2.52. The topological polar surface area (TPSA) is 32.3 Å². The van der Waals surface area contributed by atoms with E-state index in [1.807, 2.05) is 6.92 Å². The Morgan fingerprint density at radius 2 is 2.33 bits per heavy atom. The third-order valence-electron chi connectivity index (χ3n) is 2.82. The summed E-state index contributed by atoms with van der Waals surface area (Å²) in [6, 6.07) is 1.41. The number of phenolic OH excluding ortho intramolecular Hbond substituents is 1. The van der Waals surface area contributed by atoms with Crippen LogP contribution < -0.4 is 5.32 Å². The van der Waals surface area contributed by atoms with E-state index in [4.69, 9.17) is 0 Å². The molecule has 1 unspecified atom stereocenters. The molecule has 2 rings (SSSR count). The van der Waals surface area contributed by atoms with E-state index in [-0.39, 0.29) is 11.8 Å². The van der Waals surface area contributed by atoms with Gasteiger partial charge >= 0.3 is 0 Å². The van der Waals surface area contributed by atoms with E-state index in [0.29, 0.717) is 5.56 Å². The van der Waals surface area contributed by atoms with Gasteiger partial charge in [0.1, 0.15) is 0 Å². The molecule has 0 saturated carbocycles. The molecule has 1 fully saturated rings. The fraction of sp³-hybridized carbons (Fsp3) is 0.455. The quantitative estimate of drug-likeness (QED) is 0.825. The second-order valence-electron chi connectivity index (χ2n) is 3.90. The van der Waals surface area contributed by atoms with Crippen LogP contribution >= 0.6 is 15.9 Å². The van der Waals surface area contributed by atoms with Crippen molar-refractivity contribution in [1.29, 1.82) is 0 Å². The summed E-state index contributed by atoms with van der Waals surface area (Å²) in [5.74, 6) is -0.772. The van der Waals surface area contributed by atoms with Crippen molar-refractivity contribution in [1.82, 2.24) is 5.32 Å². The summed E-state index contributed by atoms with van der Waals surface area (Å²) in [4.78, 5) is 0. The third kappa shape index (κ3) is 1.88. The second-order valence-corrected chi connectivity index (χ2v) is 4.69. The smallest absolute Gasteiger partial charge is 0.165 e. The van der Waals surface area contributed by atoms with Crippen molar-refractivity contribution >= 4 is 15.9 Å². The van der Waals surface area contributed by atoms with Crippen molar-refractivity contribution in [3.8, 4) is 5.75 Å². The number of rotatable bonds is 1. The van der Waals surface area contributed by atoms with Crippen molar-refractivity contribution in [2.24, 2.45) is 0 Å². The lowest BCUT2D eigenvalue weighted by Crippen LogP contribution is -2.14. The van der Waals surface area contributed by atoms with E-state index >= 15 is 0 Å². The zero-order valence-corrected chi connectivity index (χ0v) is 10.1. The van der Waals surface area contributed by atoms with Gasteiger partial charge < -0.3 is 10.4 Å². The minimum atomic E-state index is -0.542. The number of hydrogen-bond donors (Lipinski definition) is 2. The first-order chi connectivity index (χ1) is 7.11. The number of aromatic hydroxyl groups is 1. The van der Waals surface area contributed by atoms with E-state index in [1.165, 1.54) is 6.07 Å². The molecule has 0 aromatic heterocycles. The second kappa shape index (κ2) is 4.10. The summed E-state index contributed by atoms with van der Waals surface area (Å²) in [6.07, 6.45) is 2.00. The summed E-state index contributed by atoms with van der Waals surface area (Å²) >= 11 is 3.41. The molecule has 1 aliphatic rings. The molecule has 0 amide bonds. The van der Waals surface area contributed by atoms with Crippen LogP contribution in [0.25, 0.3) is 0 Å². The number of hydrogen-bond acceptors (Lipinski definition) is 2. The van der Waals surface area contributed by atoms with Crippen LogP contribution in [-0.4, -0.2) is 11.7 Å². The fourth-order valence-corrected chi connectivity index (χ4v) is 2.59. The molecule has 1 aliphatic heterocycles. The van der Waals surface area contributed by atoms with Crippen molar-refractivity contribution < 1.29 is 9.50 Å². The van der Waals surface area contributed by atoms with Gasteiger partial charge in [0.2, 0.25) is 0 Å². The Morgan fingerprint density at radius 3 is 2.93 bits per heavy atom. The molecule has 1 saturated heterocycles. The molecule has 1 aromatic rings. The molecule has 0 radical (unpaired) electrons. The Morgan fingerprint density at radius 1 is 1.60 bits per heavy atom. The average molecular weight is 274 g/mol. The van der Waals surface area contributed by atoms with Gasteiger partial charge in [-0.1, -0.05) is 15.9 Å². The van der Waals surface area contributed by atoms with Crippen LogP contribution in [0, 0.1) is 12.7 Å². The van der Waals surface area contributed by atoms with Crippen molar-refractivity contribution in [3.05, 3.63) is 27.5 Å². The fourth-order valence-electron chi connectivity index (χ4n) is 2.02. The van der Waals surface area contributed by atoms with E-state index in [2.05, 4.69) is 21.2 Å². The Bertz CT molecular complexity index is 362. The largest absolute Gasteiger partial charge is 0.505 e. The predicted octanol–water partition coefficient (Wildman–Crippen LogP) is 3.03. The monoisotopic (exact) mass is 273 g/mol. The molecule has 15 heavy (non-hydrogen) atoms. The summed E-state index contributed by atoms with van der Waals surface area (Å²) in [7, 11) is 0. The molecule has 2 nitrogen and oxygen atoms in total. The molecule has 1 heterocycles. The first-order valence-electron chi connectivity index (χ1n) is 5.02. The zero-order valence-electron chi connectivity index (χ0n) is 8.48. The molecule has 1 aromatic carbocycles. The zero-order chi connectivity index (χ0) is 11.0. The number of nitrogens with one attached hydrogen (secondary N) is 1. The number of benzene rings is 1. The molecule has 0 spiro atoms. The SMILES string of the molecule is Cc1cc(F)c(O)c(C2CCCN2)c1Br. The molecular formula is C11H13BrFNO. The number of aryl methyl sites for hydroxylation is 1. The highest BCUT2D eigenvalue weighted by molar-refractivity contribution is 9.10. The van der Waals surface area contributed by atoms with E-state index < -0.39 is 5.82 Å². The maximum Gasteiger partial charge on any atom is 0.165 e. The van der Waals surface area contributed by atoms with Crippen molar-refractivity contribution in [3.63, 3.8) is 0 Å². The van der Waals surface area contributed by atoms with Gasteiger partial charge in [-0.05, 0) is 37.9 Å². The highest BCUT2D eigenvalue weighted by Crippen LogP contribution is 2.39. The van der Waals surface area contributed by atoms with Gasteiger partial charge in [0.15, 0.2) is 11.6 Å². The Kier molecular flexibility index (Phi) is 2.98. The highest BCUT2D eigenvalue weighted by Gasteiger charge is 2.24. The lowest BCUT2D eigenvalue weighted by molar-refractivity contribution is 0.416. The van der Waals surface area contributed by atoms with Crippen molar-refractivity contribution in [2.45, 2.75) is 25.8 Å². The molecular weight excluding hydrogens is 261 g/mol. The van der Waals surface area contributed by atoms with Gasteiger partial charge in [0.25, 0.3) is 0 Å².